The van der Waals surface area contributed by atoms with Crippen LogP contribution in [-0.4, -0.2) is 27.9 Å². The minimum atomic E-state index is -4.46. The van der Waals surface area contributed by atoms with Gasteiger partial charge in [-0.3, -0.25) is 0 Å². The molecule has 0 aromatic carbocycles. The Morgan fingerprint density at radius 1 is 1.06 bits per heavy atom. The Kier molecular flexibility index (Phi) is 8.57. The van der Waals surface area contributed by atoms with E-state index in [0.29, 0.717) is 16.6 Å². The molecule has 2 aromatic heterocycles. The molecule has 0 bridgehead atoms. The fourth-order valence-corrected chi connectivity index (χ4v) is 22.6. The summed E-state index contributed by atoms with van der Waals surface area (Å²) >= 11 is -3.10. The van der Waals surface area contributed by atoms with Gasteiger partial charge in [0.2, 0.25) is 0 Å². The molecule has 3 rings (SSSR count). The number of fused-ring (bicyclic) bond motifs is 1. The van der Waals surface area contributed by atoms with Crippen molar-refractivity contribution in [1.29, 1.82) is 5.26 Å². The van der Waals surface area contributed by atoms with Crippen LogP contribution in [0.1, 0.15) is 95.7 Å². The summed E-state index contributed by atoms with van der Waals surface area (Å²) in [7, 11) is 0. The molecule has 0 unspecified atom stereocenters. The van der Waals surface area contributed by atoms with Crippen LogP contribution in [0.15, 0.2) is 12.3 Å². The van der Waals surface area contributed by atoms with E-state index in [-0.39, 0.29) is 6.04 Å². The minimum absolute atomic E-state index is 0.278. The molecule has 176 valence electrons. The molecule has 0 radical (unpaired) electrons. The third-order valence-electron chi connectivity index (χ3n) is 7.25. The average molecular weight is 554 g/mol. The van der Waals surface area contributed by atoms with E-state index < -0.39 is 30.1 Å². The van der Waals surface area contributed by atoms with Crippen LogP contribution >= 0.6 is 0 Å². The van der Waals surface area contributed by atoms with Gasteiger partial charge in [-0.1, -0.05) is 0 Å². The molecule has 32 heavy (non-hydrogen) atoms. The van der Waals surface area contributed by atoms with Gasteiger partial charge in [-0.25, -0.2) is 0 Å². The molecular weight excluding hydrogens is 518 g/mol. The van der Waals surface area contributed by atoms with Crippen LogP contribution < -0.4 is 3.71 Å². The summed E-state index contributed by atoms with van der Waals surface area (Å²) in [5.74, 6) is 0. The molecule has 7 heteroatoms. The van der Waals surface area contributed by atoms with E-state index in [1.54, 1.807) is 0 Å². The third-order valence-corrected chi connectivity index (χ3v) is 22.7. The standard InChI is InChI=1S/C13H9F3N3.3C4H9.Sn/c14-13(15,16)9-4-11-8(5-17)7-19(10-2-1-3-10)12(11)18-6-9;3*1-3-4-2;/h4,6,10H,1-3H2;3*1,3-4H2,2H3;. The van der Waals surface area contributed by atoms with E-state index >= 15 is 0 Å². The van der Waals surface area contributed by atoms with Crippen LogP contribution in [-0.2, 0) is 6.18 Å². The maximum atomic E-state index is 13.5. The predicted molar refractivity (Wildman–Crippen MR) is 127 cm³/mol. The number of unbranched alkanes of at least 4 members (excludes halogenated alkanes) is 3. The van der Waals surface area contributed by atoms with Crippen molar-refractivity contribution in [1.82, 2.24) is 9.55 Å². The number of alkyl halides is 3. The number of hydrogen-bond donors (Lipinski definition) is 0. The number of halogens is 3. The number of rotatable bonds is 11. The molecule has 1 aliphatic rings. The van der Waals surface area contributed by atoms with Crippen molar-refractivity contribution < 1.29 is 13.2 Å². The van der Waals surface area contributed by atoms with Gasteiger partial charge < -0.3 is 0 Å². The second kappa shape index (κ2) is 10.8. The fraction of sp³-hybridized carbons (Fsp3) is 0.680. The zero-order chi connectivity index (χ0) is 23.4. The molecule has 1 saturated carbocycles. The molecule has 0 spiro atoms. The van der Waals surface area contributed by atoms with E-state index in [1.165, 1.54) is 23.1 Å². The van der Waals surface area contributed by atoms with Gasteiger partial charge in [0.25, 0.3) is 0 Å². The maximum absolute atomic E-state index is 13.5. The van der Waals surface area contributed by atoms with Crippen molar-refractivity contribution in [2.75, 3.05) is 0 Å². The molecule has 0 saturated heterocycles. The van der Waals surface area contributed by atoms with Gasteiger partial charge in [-0.05, 0) is 0 Å². The Bertz CT molecular complexity index is 932. The Labute approximate surface area is 194 Å². The Balaban J connectivity index is 2.33. The number of nitriles is 1. The second-order valence-electron chi connectivity index (χ2n) is 9.47. The summed E-state index contributed by atoms with van der Waals surface area (Å²) in [6.45, 7) is 6.63. The predicted octanol–water partition coefficient (Wildman–Crippen LogP) is 7.71. The fourth-order valence-electron chi connectivity index (χ4n) is 5.25. The molecule has 0 amide bonds. The Hall–Kier alpha value is -1.23. The average Bonchev–Trinajstić information content (AvgIpc) is 3.05. The van der Waals surface area contributed by atoms with E-state index in [2.05, 4.69) is 36.4 Å². The molecule has 2 heterocycles. The molecule has 0 N–H and O–H groups in total. The van der Waals surface area contributed by atoms with Crippen LogP contribution in [0, 0.1) is 11.3 Å². The first kappa shape index (κ1) is 25.4. The second-order valence-corrected chi connectivity index (χ2v) is 22.4. The van der Waals surface area contributed by atoms with Gasteiger partial charge >= 0.3 is 195 Å². The van der Waals surface area contributed by atoms with E-state index in [4.69, 9.17) is 0 Å². The summed E-state index contributed by atoms with van der Waals surface area (Å²) in [6, 6.07) is 3.87. The third kappa shape index (κ3) is 4.98. The SMILES string of the molecule is CCC[CH2][Sn]([CH2]CCC)([CH2]CCC)[c]1c(C#N)c2cc(C(F)(F)F)cnc2n1C1CCC1. The van der Waals surface area contributed by atoms with Gasteiger partial charge in [-0.15, -0.1) is 0 Å². The molecule has 0 aliphatic heterocycles. The van der Waals surface area contributed by atoms with Gasteiger partial charge in [0.15, 0.2) is 0 Å². The summed E-state index contributed by atoms with van der Waals surface area (Å²) in [5.41, 5.74) is 0.375. The first-order valence-corrected chi connectivity index (χ1v) is 19.8. The summed E-state index contributed by atoms with van der Waals surface area (Å²) in [5, 5.41) is 10.7. The van der Waals surface area contributed by atoms with Crippen molar-refractivity contribution in [3.05, 3.63) is 23.4 Å². The van der Waals surface area contributed by atoms with Gasteiger partial charge in [0.1, 0.15) is 0 Å². The summed E-state index contributed by atoms with van der Waals surface area (Å²) in [4.78, 5) is 4.36. The Morgan fingerprint density at radius 2 is 1.62 bits per heavy atom. The van der Waals surface area contributed by atoms with E-state index in [9.17, 15) is 18.4 Å². The van der Waals surface area contributed by atoms with Crippen molar-refractivity contribution in [2.45, 2.75) is 104 Å². The first-order chi connectivity index (χ1) is 15.3. The zero-order valence-electron chi connectivity index (χ0n) is 19.7. The van der Waals surface area contributed by atoms with Crippen molar-refractivity contribution in [3.8, 4) is 6.07 Å². The van der Waals surface area contributed by atoms with Crippen LogP contribution in [0.3, 0.4) is 0 Å². The van der Waals surface area contributed by atoms with Crippen LogP contribution in [0.2, 0.25) is 13.3 Å². The number of pyridine rings is 1. The first-order valence-electron chi connectivity index (χ1n) is 12.3. The quantitative estimate of drug-likeness (QED) is 0.267. The molecule has 1 fully saturated rings. The number of aromatic nitrogens is 2. The van der Waals surface area contributed by atoms with Crippen LogP contribution in [0.4, 0.5) is 13.2 Å². The molecular formula is C25H36F3N3Sn. The van der Waals surface area contributed by atoms with Crippen molar-refractivity contribution >= 4 is 33.1 Å². The van der Waals surface area contributed by atoms with E-state index in [1.807, 2.05) is 0 Å². The van der Waals surface area contributed by atoms with Crippen LogP contribution in [0.5, 0.6) is 0 Å². The molecule has 2 aromatic rings. The van der Waals surface area contributed by atoms with Gasteiger partial charge in [0.05, 0.1) is 0 Å². The zero-order valence-corrected chi connectivity index (χ0v) is 22.5. The molecule has 0 atom stereocenters. The van der Waals surface area contributed by atoms with Crippen molar-refractivity contribution in [3.63, 3.8) is 0 Å². The number of nitrogens with zero attached hydrogens (tertiary/aromatic N) is 3. The summed E-state index contributed by atoms with van der Waals surface area (Å²) in [6.07, 6.45) is 6.45. The van der Waals surface area contributed by atoms with Crippen LogP contribution in [0.25, 0.3) is 11.0 Å². The van der Waals surface area contributed by atoms with Gasteiger partial charge in [-0.2, -0.15) is 0 Å². The molecule has 1 aliphatic carbocycles. The summed E-state index contributed by atoms with van der Waals surface area (Å²) < 4.78 is 47.5. The van der Waals surface area contributed by atoms with Crippen molar-refractivity contribution in [2.24, 2.45) is 0 Å². The van der Waals surface area contributed by atoms with E-state index in [0.717, 1.165) is 64.0 Å². The molecule has 3 nitrogen and oxygen atoms in total. The normalized spacial score (nSPS) is 15.2. The Morgan fingerprint density at radius 3 is 2.03 bits per heavy atom. The van der Waals surface area contributed by atoms with Gasteiger partial charge in [0, 0.05) is 0 Å². The monoisotopic (exact) mass is 555 g/mol. The topological polar surface area (TPSA) is 41.6 Å². The number of hydrogen-bond acceptors (Lipinski definition) is 2.